The van der Waals surface area contributed by atoms with Crippen LogP contribution in [-0.2, 0) is 0 Å². The Morgan fingerprint density at radius 3 is 3.05 bits per heavy atom. The van der Waals surface area contributed by atoms with E-state index in [0.717, 1.165) is 18.9 Å². The normalized spacial score (nSPS) is 20.9. The van der Waals surface area contributed by atoms with Gasteiger partial charge in [-0.25, -0.2) is 4.39 Å². The Morgan fingerprint density at radius 2 is 2.40 bits per heavy atom. The maximum Gasteiger partial charge on any atom is 0.281 e. The van der Waals surface area contributed by atoms with E-state index in [1.165, 1.54) is 6.20 Å². The van der Waals surface area contributed by atoms with Crippen molar-refractivity contribution in [3.63, 3.8) is 0 Å². The predicted octanol–water partition coefficient (Wildman–Crippen LogP) is 3.49. The van der Waals surface area contributed by atoms with E-state index in [0.29, 0.717) is 16.8 Å². The van der Waals surface area contributed by atoms with Crippen LogP contribution in [-0.4, -0.2) is 15.9 Å². The number of nitro benzene ring substituents is 1. The zero-order valence-electron chi connectivity index (χ0n) is 11.0. The SMILES string of the molecule is CCC1CC1Nc1c(F)cc([N+](=O)[O-])c2cccnc12. The zero-order valence-corrected chi connectivity index (χ0v) is 11.0. The van der Waals surface area contributed by atoms with Gasteiger partial charge in [0.2, 0.25) is 0 Å². The fourth-order valence-corrected chi connectivity index (χ4v) is 2.54. The van der Waals surface area contributed by atoms with Gasteiger partial charge in [0.05, 0.1) is 22.1 Å². The minimum Gasteiger partial charge on any atom is -0.378 e. The lowest BCUT2D eigenvalue weighted by atomic mass is 10.1. The van der Waals surface area contributed by atoms with E-state index in [-0.39, 0.29) is 17.4 Å². The van der Waals surface area contributed by atoms with Crippen LogP contribution in [0.5, 0.6) is 0 Å². The Bertz CT molecular complexity index is 689. The molecule has 0 saturated heterocycles. The first-order valence-corrected chi connectivity index (χ1v) is 6.60. The van der Waals surface area contributed by atoms with Crippen molar-refractivity contribution in [2.24, 2.45) is 5.92 Å². The number of pyridine rings is 1. The van der Waals surface area contributed by atoms with Crippen LogP contribution in [0.4, 0.5) is 15.8 Å². The number of hydrogen-bond donors (Lipinski definition) is 1. The Hall–Kier alpha value is -2.24. The quantitative estimate of drug-likeness (QED) is 0.685. The molecule has 2 atom stereocenters. The smallest absolute Gasteiger partial charge is 0.281 e. The van der Waals surface area contributed by atoms with Gasteiger partial charge in [-0.1, -0.05) is 13.3 Å². The minimum atomic E-state index is -0.621. The molecule has 1 aliphatic carbocycles. The second-order valence-electron chi connectivity index (χ2n) is 5.06. The van der Waals surface area contributed by atoms with Crippen LogP contribution in [0.15, 0.2) is 24.4 Å². The molecule has 0 spiro atoms. The Labute approximate surface area is 115 Å². The van der Waals surface area contributed by atoms with Gasteiger partial charge in [0.1, 0.15) is 5.52 Å². The molecule has 0 aliphatic heterocycles. The first-order chi connectivity index (χ1) is 9.61. The molecule has 1 fully saturated rings. The molecular formula is C14H14FN3O2. The highest BCUT2D eigenvalue weighted by Gasteiger charge is 2.36. The highest BCUT2D eigenvalue weighted by atomic mass is 19.1. The summed E-state index contributed by atoms with van der Waals surface area (Å²) in [5.74, 6) is -0.0759. The Kier molecular flexibility index (Phi) is 3.00. The maximum atomic E-state index is 14.2. The van der Waals surface area contributed by atoms with Gasteiger partial charge >= 0.3 is 0 Å². The molecule has 1 heterocycles. The summed E-state index contributed by atoms with van der Waals surface area (Å²) in [5, 5.41) is 14.5. The van der Waals surface area contributed by atoms with Crippen molar-refractivity contribution < 1.29 is 9.31 Å². The third kappa shape index (κ3) is 2.07. The highest BCUT2D eigenvalue weighted by molar-refractivity contribution is 5.97. The first-order valence-electron chi connectivity index (χ1n) is 6.60. The van der Waals surface area contributed by atoms with Crippen molar-refractivity contribution >= 4 is 22.3 Å². The number of nitro groups is 1. The summed E-state index contributed by atoms with van der Waals surface area (Å²) in [6.07, 6.45) is 3.56. The minimum absolute atomic E-state index is 0.237. The molecule has 5 nitrogen and oxygen atoms in total. The van der Waals surface area contributed by atoms with Crippen molar-refractivity contribution in [3.8, 4) is 0 Å². The molecule has 1 N–H and O–H groups in total. The van der Waals surface area contributed by atoms with E-state index < -0.39 is 10.7 Å². The van der Waals surface area contributed by atoms with Gasteiger partial charge in [-0.15, -0.1) is 0 Å². The third-order valence-electron chi connectivity index (χ3n) is 3.80. The molecule has 0 amide bonds. The predicted molar refractivity (Wildman–Crippen MR) is 74.2 cm³/mol. The van der Waals surface area contributed by atoms with Crippen LogP contribution in [0.25, 0.3) is 10.9 Å². The molecule has 104 valence electrons. The molecule has 1 aliphatic rings. The van der Waals surface area contributed by atoms with Gasteiger partial charge < -0.3 is 5.32 Å². The van der Waals surface area contributed by atoms with Gasteiger partial charge in [-0.05, 0) is 24.5 Å². The number of fused-ring (bicyclic) bond motifs is 1. The summed E-state index contributed by atoms with van der Waals surface area (Å²) in [7, 11) is 0. The molecule has 3 rings (SSSR count). The number of nitrogens with zero attached hydrogens (tertiary/aromatic N) is 2. The molecule has 1 aromatic heterocycles. The van der Waals surface area contributed by atoms with Crippen molar-refractivity contribution in [1.82, 2.24) is 4.98 Å². The number of anilines is 1. The van der Waals surface area contributed by atoms with E-state index in [2.05, 4.69) is 17.2 Å². The molecule has 20 heavy (non-hydrogen) atoms. The van der Waals surface area contributed by atoms with Crippen LogP contribution < -0.4 is 5.32 Å². The third-order valence-corrected chi connectivity index (χ3v) is 3.80. The number of nitrogens with one attached hydrogen (secondary N) is 1. The summed E-state index contributed by atoms with van der Waals surface area (Å²) in [6.45, 7) is 2.09. The summed E-state index contributed by atoms with van der Waals surface area (Å²) in [4.78, 5) is 14.5. The van der Waals surface area contributed by atoms with Crippen molar-refractivity contribution in [2.45, 2.75) is 25.8 Å². The lowest BCUT2D eigenvalue weighted by molar-refractivity contribution is -0.383. The molecule has 0 bridgehead atoms. The maximum absolute atomic E-state index is 14.2. The van der Waals surface area contributed by atoms with Gasteiger partial charge in [0.15, 0.2) is 5.82 Å². The van der Waals surface area contributed by atoms with E-state index in [1.807, 2.05) is 0 Å². The van der Waals surface area contributed by atoms with Gasteiger partial charge in [0.25, 0.3) is 5.69 Å². The van der Waals surface area contributed by atoms with Crippen LogP contribution in [0.2, 0.25) is 0 Å². The van der Waals surface area contributed by atoms with Gasteiger partial charge in [-0.3, -0.25) is 15.1 Å². The number of rotatable bonds is 4. The van der Waals surface area contributed by atoms with E-state index in [4.69, 9.17) is 0 Å². The van der Waals surface area contributed by atoms with E-state index in [1.54, 1.807) is 12.1 Å². The molecule has 1 saturated carbocycles. The summed E-state index contributed by atoms with van der Waals surface area (Å²) in [6, 6.07) is 4.41. The standard InChI is InChI=1S/C14H14FN3O2/c1-2-8-6-11(8)17-14-10(15)7-12(18(19)20)9-4-3-5-16-13(9)14/h3-5,7-8,11,17H,2,6H2,1H3. The summed E-state index contributed by atoms with van der Waals surface area (Å²) < 4.78 is 14.2. The average Bonchev–Trinajstić information content (AvgIpc) is 3.20. The topological polar surface area (TPSA) is 68.1 Å². The number of benzene rings is 1. The number of hydrogen-bond acceptors (Lipinski definition) is 4. The van der Waals surface area contributed by atoms with Gasteiger partial charge in [0, 0.05) is 12.2 Å². The van der Waals surface area contributed by atoms with Crippen molar-refractivity contribution in [1.29, 1.82) is 0 Å². The Morgan fingerprint density at radius 1 is 1.60 bits per heavy atom. The number of halogens is 1. The molecule has 1 aromatic carbocycles. The summed E-state index contributed by atoms with van der Waals surface area (Å²) in [5.41, 5.74) is 0.340. The van der Waals surface area contributed by atoms with Crippen molar-refractivity contribution in [2.75, 3.05) is 5.32 Å². The molecule has 2 unspecified atom stereocenters. The van der Waals surface area contributed by atoms with Crippen LogP contribution in [0.1, 0.15) is 19.8 Å². The van der Waals surface area contributed by atoms with Crippen LogP contribution in [0.3, 0.4) is 0 Å². The largest absolute Gasteiger partial charge is 0.378 e. The van der Waals surface area contributed by atoms with E-state index >= 15 is 0 Å². The zero-order chi connectivity index (χ0) is 14.3. The molecule has 6 heteroatoms. The lowest BCUT2D eigenvalue weighted by Gasteiger charge is -2.10. The summed E-state index contributed by atoms with van der Waals surface area (Å²) >= 11 is 0. The monoisotopic (exact) mass is 275 g/mol. The fraction of sp³-hybridized carbons (Fsp3) is 0.357. The van der Waals surface area contributed by atoms with Crippen LogP contribution >= 0.6 is 0 Å². The Balaban J connectivity index is 2.10. The second kappa shape index (κ2) is 4.70. The van der Waals surface area contributed by atoms with Crippen LogP contribution in [0, 0.1) is 21.8 Å². The van der Waals surface area contributed by atoms with Gasteiger partial charge in [-0.2, -0.15) is 0 Å². The fourth-order valence-electron chi connectivity index (χ4n) is 2.54. The first kappa shape index (κ1) is 12.8. The molecule has 0 radical (unpaired) electrons. The van der Waals surface area contributed by atoms with E-state index in [9.17, 15) is 14.5 Å². The number of non-ortho nitro benzene ring substituents is 1. The lowest BCUT2D eigenvalue weighted by Crippen LogP contribution is -2.08. The number of aromatic nitrogens is 1. The average molecular weight is 275 g/mol. The molecular weight excluding hydrogens is 261 g/mol. The van der Waals surface area contributed by atoms with Crippen molar-refractivity contribution in [3.05, 3.63) is 40.3 Å². The molecule has 2 aromatic rings. The second-order valence-corrected chi connectivity index (χ2v) is 5.06. The highest BCUT2D eigenvalue weighted by Crippen LogP contribution is 2.39.